The minimum absolute atomic E-state index is 0.550. The molecule has 322 valence electrons. The molecule has 0 N–H and O–H groups in total. The molecule has 2 heteroatoms. The molecule has 0 bridgehead atoms. The maximum absolute atomic E-state index is 2.54. The van der Waals surface area contributed by atoms with Gasteiger partial charge in [0.05, 0.1) is 22.1 Å². The van der Waals surface area contributed by atoms with Crippen molar-refractivity contribution in [3.8, 4) is 61.3 Å². The molecule has 0 saturated carbocycles. The van der Waals surface area contributed by atoms with Gasteiger partial charge in [-0.25, -0.2) is 0 Å². The summed E-state index contributed by atoms with van der Waals surface area (Å²) in [4.78, 5) is 2.54. The summed E-state index contributed by atoms with van der Waals surface area (Å²) in [5.41, 5.74) is 23.6. The monoisotopic (exact) mass is 876 g/mol. The van der Waals surface area contributed by atoms with Gasteiger partial charge in [-0.1, -0.05) is 212 Å². The molecule has 1 heterocycles. The standard InChI is InChI=1S/C67H44N2/c1-4-21-45(22-5-1)67(46-23-6-2-7-24-46)61-35-18-16-34-58(61)66-62(67)36-20-38-65(66)68(49-40-42-64-60(44-49)57-33-17-19-37-63(57)69(64)47-25-8-3-9-26-47)48-39-41-56-54-31-13-12-29-52(54)50-27-10-11-28-51(50)53-30-14-15-32-55(53)59(56)43-48/h1-44H. The lowest BCUT2D eigenvalue weighted by atomic mass is 9.68. The largest absolute Gasteiger partial charge is 0.310 e. The predicted molar refractivity (Wildman–Crippen MR) is 288 cm³/mol. The Labute approximate surface area is 402 Å². The fourth-order valence-electron chi connectivity index (χ4n) is 12.0. The maximum atomic E-state index is 2.54. The van der Waals surface area contributed by atoms with Crippen LogP contribution in [0.1, 0.15) is 22.3 Å². The quantitative estimate of drug-likeness (QED) is 0.162. The zero-order chi connectivity index (χ0) is 45.5. The van der Waals surface area contributed by atoms with Gasteiger partial charge in [0.1, 0.15) is 0 Å². The summed E-state index contributed by atoms with van der Waals surface area (Å²) >= 11 is 0. The first-order chi connectivity index (χ1) is 34.3. The summed E-state index contributed by atoms with van der Waals surface area (Å²) in [6.45, 7) is 0. The number of anilines is 3. The van der Waals surface area contributed by atoms with Gasteiger partial charge in [-0.2, -0.15) is 0 Å². The van der Waals surface area contributed by atoms with E-state index in [-0.39, 0.29) is 0 Å². The van der Waals surface area contributed by atoms with Gasteiger partial charge < -0.3 is 9.47 Å². The maximum Gasteiger partial charge on any atom is 0.0714 e. The van der Waals surface area contributed by atoms with Crippen LogP contribution in [0, 0.1) is 0 Å². The molecule has 0 aliphatic heterocycles. The molecule has 11 aromatic carbocycles. The normalized spacial score (nSPS) is 12.8. The van der Waals surface area contributed by atoms with E-state index in [2.05, 4.69) is 276 Å². The molecule has 2 aliphatic carbocycles. The molecule has 2 aliphatic rings. The number of hydrogen-bond donors (Lipinski definition) is 0. The average Bonchev–Trinajstić information content (AvgIpc) is 3.92. The van der Waals surface area contributed by atoms with E-state index in [0.717, 1.165) is 22.7 Å². The van der Waals surface area contributed by atoms with Crippen molar-refractivity contribution in [1.82, 2.24) is 4.57 Å². The van der Waals surface area contributed by atoms with Crippen LogP contribution in [0.4, 0.5) is 17.1 Å². The lowest BCUT2D eigenvalue weighted by Gasteiger charge is -2.34. The molecule has 69 heavy (non-hydrogen) atoms. The van der Waals surface area contributed by atoms with Crippen LogP contribution in [0.3, 0.4) is 0 Å². The van der Waals surface area contributed by atoms with Crippen LogP contribution in [0.15, 0.2) is 267 Å². The van der Waals surface area contributed by atoms with Crippen molar-refractivity contribution < 1.29 is 0 Å². The third-order valence-electron chi connectivity index (χ3n) is 14.8. The van der Waals surface area contributed by atoms with Gasteiger partial charge >= 0.3 is 0 Å². The van der Waals surface area contributed by atoms with Crippen LogP contribution >= 0.6 is 0 Å². The van der Waals surface area contributed by atoms with Crippen molar-refractivity contribution in [2.45, 2.75) is 5.41 Å². The smallest absolute Gasteiger partial charge is 0.0714 e. The summed E-state index contributed by atoms with van der Waals surface area (Å²) in [6.07, 6.45) is 0. The minimum atomic E-state index is -0.550. The zero-order valence-electron chi connectivity index (χ0n) is 37.8. The van der Waals surface area contributed by atoms with Gasteiger partial charge in [0.15, 0.2) is 0 Å². The Kier molecular flexibility index (Phi) is 8.84. The Bertz CT molecular complexity index is 3910. The molecular weight excluding hydrogens is 833 g/mol. The van der Waals surface area contributed by atoms with E-state index in [1.54, 1.807) is 0 Å². The third kappa shape index (κ3) is 5.79. The van der Waals surface area contributed by atoms with Gasteiger partial charge in [-0.3, -0.25) is 0 Å². The first-order valence-electron chi connectivity index (χ1n) is 23.9. The van der Waals surface area contributed by atoms with Crippen molar-refractivity contribution in [1.29, 1.82) is 0 Å². The SMILES string of the molecule is c1ccc(-n2c3ccccc3c3cc(N(c4ccc5c(c4)-c4ccccc4-c4ccccc4-c4ccccc4-5)c4cccc5c4-c4ccccc4C5(c4ccccc4)c4ccccc4)ccc32)cc1. The van der Waals surface area contributed by atoms with Crippen molar-refractivity contribution in [2.75, 3.05) is 4.90 Å². The molecule has 12 aromatic rings. The van der Waals surface area contributed by atoms with Gasteiger partial charge in [0, 0.05) is 33.4 Å². The highest BCUT2D eigenvalue weighted by Crippen LogP contribution is 2.60. The molecular formula is C67H44N2. The van der Waals surface area contributed by atoms with Crippen LogP contribution < -0.4 is 4.90 Å². The topological polar surface area (TPSA) is 8.17 Å². The number of benzene rings is 11. The van der Waals surface area contributed by atoms with Gasteiger partial charge in [-0.15, -0.1) is 0 Å². The van der Waals surface area contributed by atoms with Crippen molar-refractivity contribution in [3.05, 3.63) is 289 Å². The molecule has 0 atom stereocenters. The van der Waals surface area contributed by atoms with E-state index in [4.69, 9.17) is 0 Å². The van der Waals surface area contributed by atoms with Gasteiger partial charge in [0.25, 0.3) is 0 Å². The van der Waals surface area contributed by atoms with E-state index in [1.165, 1.54) is 99.7 Å². The molecule has 0 fully saturated rings. The Hall–Kier alpha value is -8.98. The average molecular weight is 877 g/mol. The molecule has 0 saturated heterocycles. The number of aromatic nitrogens is 1. The van der Waals surface area contributed by atoms with E-state index >= 15 is 0 Å². The van der Waals surface area contributed by atoms with E-state index in [1.807, 2.05) is 0 Å². The second kappa shape index (κ2) is 15.6. The Balaban J connectivity index is 1.09. The highest BCUT2D eigenvalue weighted by Gasteiger charge is 2.47. The van der Waals surface area contributed by atoms with Crippen LogP contribution in [-0.2, 0) is 5.41 Å². The summed E-state index contributed by atoms with van der Waals surface area (Å²) in [5, 5.41) is 2.42. The van der Waals surface area contributed by atoms with Crippen LogP contribution in [0.25, 0.3) is 83.1 Å². The summed E-state index contributed by atoms with van der Waals surface area (Å²) < 4.78 is 2.40. The lowest BCUT2D eigenvalue weighted by Crippen LogP contribution is -2.28. The van der Waals surface area contributed by atoms with E-state index < -0.39 is 5.41 Å². The molecule has 0 unspecified atom stereocenters. The zero-order valence-corrected chi connectivity index (χ0v) is 37.8. The summed E-state index contributed by atoms with van der Waals surface area (Å²) in [5.74, 6) is 0. The third-order valence-corrected chi connectivity index (χ3v) is 14.8. The first kappa shape index (κ1) is 39.2. The number of rotatable bonds is 6. The predicted octanol–water partition coefficient (Wildman–Crippen LogP) is 17.6. The second-order valence-corrected chi connectivity index (χ2v) is 18.3. The molecule has 0 amide bonds. The van der Waals surface area contributed by atoms with Gasteiger partial charge in [-0.05, 0) is 127 Å². The fourth-order valence-corrected chi connectivity index (χ4v) is 12.0. The Morgan fingerprint density at radius 3 is 1.36 bits per heavy atom. The van der Waals surface area contributed by atoms with E-state index in [0.29, 0.717) is 0 Å². The highest BCUT2D eigenvalue weighted by molar-refractivity contribution is 6.11. The summed E-state index contributed by atoms with van der Waals surface area (Å²) in [7, 11) is 0. The molecule has 1 aromatic heterocycles. The highest BCUT2D eigenvalue weighted by atomic mass is 15.1. The second-order valence-electron chi connectivity index (χ2n) is 18.3. The van der Waals surface area contributed by atoms with Crippen molar-refractivity contribution in [3.63, 3.8) is 0 Å². The molecule has 0 spiro atoms. The fraction of sp³-hybridized carbons (Fsp3) is 0.0149. The van der Waals surface area contributed by atoms with Gasteiger partial charge in [0.2, 0.25) is 0 Å². The Morgan fingerprint density at radius 2 is 0.739 bits per heavy atom. The molecule has 2 nitrogen and oxygen atoms in total. The molecule has 0 radical (unpaired) electrons. The summed E-state index contributed by atoms with van der Waals surface area (Å²) in [6, 6.07) is 98.9. The lowest BCUT2D eigenvalue weighted by molar-refractivity contribution is 0.768. The van der Waals surface area contributed by atoms with Crippen molar-refractivity contribution >= 4 is 38.9 Å². The minimum Gasteiger partial charge on any atom is -0.310 e. The van der Waals surface area contributed by atoms with Crippen LogP contribution in [-0.4, -0.2) is 4.57 Å². The van der Waals surface area contributed by atoms with Crippen molar-refractivity contribution in [2.24, 2.45) is 0 Å². The first-order valence-corrected chi connectivity index (χ1v) is 23.9. The number of para-hydroxylation sites is 2. The van der Waals surface area contributed by atoms with Crippen LogP contribution in [0.5, 0.6) is 0 Å². The van der Waals surface area contributed by atoms with Crippen LogP contribution in [0.2, 0.25) is 0 Å². The number of fused-ring (bicyclic) bond motifs is 14. The van der Waals surface area contributed by atoms with E-state index in [9.17, 15) is 0 Å². The Morgan fingerprint density at radius 1 is 0.290 bits per heavy atom. The molecule has 14 rings (SSSR count). The number of hydrogen-bond acceptors (Lipinski definition) is 1. The number of nitrogens with zero attached hydrogens (tertiary/aromatic N) is 2.